The third-order valence-corrected chi connectivity index (χ3v) is 2.78. The number of fused-ring (bicyclic) bond motifs is 1. The average Bonchev–Trinajstić information content (AvgIpc) is 2.27. The summed E-state index contributed by atoms with van der Waals surface area (Å²) in [5.74, 6) is -0.326. The first-order valence-electron chi connectivity index (χ1n) is 5.89. The van der Waals surface area contributed by atoms with Gasteiger partial charge in [0.15, 0.2) is 5.71 Å². The summed E-state index contributed by atoms with van der Waals surface area (Å²) in [4.78, 5) is 16.4. The largest absolute Gasteiger partial charge is 0.461 e. The van der Waals surface area contributed by atoms with E-state index in [1.165, 1.54) is 0 Å². The highest BCUT2D eigenvalue weighted by Crippen LogP contribution is 2.27. The number of benzene rings is 1. The van der Waals surface area contributed by atoms with Gasteiger partial charge in [-0.2, -0.15) is 0 Å². The molecule has 0 atom stereocenters. The maximum absolute atomic E-state index is 11.9. The summed E-state index contributed by atoms with van der Waals surface area (Å²) < 4.78 is 5.06. The minimum atomic E-state index is -0.326. The first-order valence-corrected chi connectivity index (χ1v) is 5.89. The molecular formula is C14H18ClNO2. The molecule has 0 aromatic heterocycles. The summed E-state index contributed by atoms with van der Waals surface area (Å²) in [7, 11) is 0. The first kappa shape index (κ1) is 14.7. The van der Waals surface area contributed by atoms with Crippen LogP contribution >= 0.6 is 12.4 Å². The fourth-order valence-electron chi connectivity index (χ4n) is 2.13. The van der Waals surface area contributed by atoms with E-state index in [1.807, 2.05) is 38.1 Å². The van der Waals surface area contributed by atoms with Gasteiger partial charge < -0.3 is 4.74 Å². The number of hydrogen-bond acceptors (Lipinski definition) is 3. The lowest BCUT2D eigenvalue weighted by atomic mass is 9.87. The van der Waals surface area contributed by atoms with Gasteiger partial charge in [-0.05, 0) is 32.8 Å². The molecule has 0 amide bonds. The van der Waals surface area contributed by atoms with Gasteiger partial charge in [0.25, 0.3) is 0 Å². The molecule has 0 spiro atoms. The topological polar surface area (TPSA) is 38.7 Å². The number of esters is 1. The van der Waals surface area contributed by atoms with Crippen LogP contribution in [0, 0.1) is 0 Å². The molecule has 0 radical (unpaired) electrons. The number of carbonyl (C=O) groups excluding carboxylic acids is 1. The highest BCUT2D eigenvalue weighted by atomic mass is 35.5. The van der Waals surface area contributed by atoms with Gasteiger partial charge in [-0.3, -0.25) is 4.99 Å². The predicted molar refractivity (Wildman–Crippen MR) is 74.6 cm³/mol. The molecule has 0 saturated carbocycles. The van der Waals surface area contributed by atoms with Crippen LogP contribution in [0.15, 0.2) is 29.3 Å². The van der Waals surface area contributed by atoms with Crippen LogP contribution in [-0.2, 0) is 16.0 Å². The highest BCUT2D eigenvalue weighted by Gasteiger charge is 2.30. The third-order valence-electron chi connectivity index (χ3n) is 2.78. The lowest BCUT2D eigenvalue weighted by Gasteiger charge is -2.28. The molecule has 2 rings (SSSR count). The Kier molecular flexibility index (Phi) is 4.52. The third kappa shape index (κ3) is 2.91. The monoisotopic (exact) mass is 267 g/mol. The molecule has 3 nitrogen and oxygen atoms in total. The van der Waals surface area contributed by atoms with E-state index in [0.29, 0.717) is 12.3 Å². The molecule has 0 unspecified atom stereocenters. The van der Waals surface area contributed by atoms with E-state index in [4.69, 9.17) is 4.74 Å². The minimum Gasteiger partial charge on any atom is -0.461 e. The minimum absolute atomic E-state index is 0. The van der Waals surface area contributed by atoms with E-state index in [2.05, 4.69) is 4.99 Å². The fourth-order valence-corrected chi connectivity index (χ4v) is 2.13. The van der Waals surface area contributed by atoms with Crippen molar-refractivity contribution >= 4 is 24.1 Å². The summed E-state index contributed by atoms with van der Waals surface area (Å²) in [5, 5.41) is 0. The van der Waals surface area contributed by atoms with Gasteiger partial charge in [0.1, 0.15) is 0 Å². The molecule has 18 heavy (non-hydrogen) atoms. The molecule has 0 fully saturated rings. The second-order valence-corrected chi connectivity index (χ2v) is 4.83. The molecule has 4 heteroatoms. The molecule has 0 saturated heterocycles. The summed E-state index contributed by atoms with van der Waals surface area (Å²) in [6.45, 7) is 6.24. The summed E-state index contributed by atoms with van der Waals surface area (Å²) in [6, 6.07) is 7.89. The van der Waals surface area contributed by atoms with Gasteiger partial charge >= 0.3 is 5.97 Å². The lowest BCUT2D eigenvalue weighted by Crippen LogP contribution is -2.33. The second kappa shape index (κ2) is 5.53. The van der Waals surface area contributed by atoms with Gasteiger partial charge in [-0.25, -0.2) is 4.79 Å². The Morgan fingerprint density at radius 1 is 1.39 bits per heavy atom. The van der Waals surface area contributed by atoms with Crippen molar-refractivity contribution in [3.8, 4) is 0 Å². The molecule has 0 N–H and O–H groups in total. The molecule has 0 aliphatic carbocycles. The van der Waals surface area contributed by atoms with E-state index in [1.54, 1.807) is 6.92 Å². The van der Waals surface area contributed by atoms with Crippen LogP contribution in [0.25, 0.3) is 0 Å². The Bertz CT molecular complexity index is 480. The summed E-state index contributed by atoms with van der Waals surface area (Å²) in [5.41, 5.74) is 2.29. The highest BCUT2D eigenvalue weighted by molar-refractivity contribution is 6.44. The van der Waals surface area contributed by atoms with Crippen molar-refractivity contribution in [1.82, 2.24) is 0 Å². The number of carbonyl (C=O) groups is 1. The zero-order valence-corrected chi connectivity index (χ0v) is 11.7. The molecule has 1 heterocycles. The summed E-state index contributed by atoms with van der Waals surface area (Å²) in [6.07, 6.45) is 0.853. The maximum atomic E-state index is 11.9. The molecular weight excluding hydrogens is 250 g/mol. The van der Waals surface area contributed by atoms with Crippen molar-refractivity contribution in [2.24, 2.45) is 4.99 Å². The zero-order chi connectivity index (χ0) is 12.5. The zero-order valence-electron chi connectivity index (χ0n) is 10.9. The standard InChI is InChI=1S/C14H17NO2.ClH/c1-4-17-13(16)12-11-8-6-5-7-10(11)9-14(2,3)15-12;/h5-8H,4,9H2,1-3H3;1H. The Morgan fingerprint density at radius 2 is 2.06 bits per heavy atom. The van der Waals surface area contributed by atoms with Gasteiger partial charge in [0, 0.05) is 5.56 Å². The van der Waals surface area contributed by atoms with Crippen molar-refractivity contribution in [1.29, 1.82) is 0 Å². The van der Waals surface area contributed by atoms with Gasteiger partial charge in [-0.15, -0.1) is 12.4 Å². The van der Waals surface area contributed by atoms with Crippen LogP contribution in [-0.4, -0.2) is 23.8 Å². The van der Waals surface area contributed by atoms with Crippen LogP contribution in [0.5, 0.6) is 0 Å². The molecule has 98 valence electrons. The Balaban J connectivity index is 0.00000162. The van der Waals surface area contributed by atoms with Crippen molar-refractivity contribution in [3.05, 3.63) is 35.4 Å². The van der Waals surface area contributed by atoms with Crippen molar-refractivity contribution < 1.29 is 9.53 Å². The van der Waals surface area contributed by atoms with E-state index >= 15 is 0 Å². The van der Waals surface area contributed by atoms with Crippen LogP contribution in [0.3, 0.4) is 0 Å². The number of halogens is 1. The average molecular weight is 268 g/mol. The molecule has 1 aromatic rings. The normalized spacial score (nSPS) is 16.1. The van der Waals surface area contributed by atoms with Gasteiger partial charge in [0.2, 0.25) is 0 Å². The maximum Gasteiger partial charge on any atom is 0.357 e. The Labute approximate surface area is 114 Å². The lowest BCUT2D eigenvalue weighted by molar-refractivity contribution is -0.135. The van der Waals surface area contributed by atoms with Crippen molar-refractivity contribution in [3.63, 3.8) is 0 Å². The number of hydrogen-bond donors (Lipinski definition) is 0. The Morgan fingerprint density at radius 3 is 2.72 bits per heavy atom. The molecule has 1 aromatic carbocycles. The summed E-state index contributed by atoms with van der Waals surface area (Å²) >= 11 is 0. The van der Waals surface area contributed by atoms with Gasteiger partial charge in [0.05, 0.1) is 12.1 Å². The number of nitrogens with zero attached hydrogens (tertiary/aromatic N) is 1. The number of rotatable bonds is 2. The molecule has 1 aliphatic rings. The SMILES string of the molecule is CCOC(=O)C1=NC(C)(C)Cc2ccccc21.Cl. The van der Waals surface area contributed by atoms with Crippen LogP contribution in [0.4, 0.5) is 0 Å². The van der Waals surface area contributed by atoms with Crippen molar-refractivity contribution in [2.45, 2.75) is 32.7 Å². The fraction of sp³-hybridized carbons (Fsp3) is 0.429. The first-order chi connectivity index (χ1) is 8.03. The molecule has 0 bridgehead atoms. The van der Waals surface area contributed by atoms with Crippen LogP contribution < -0.4 is 0 Å². The van der Waals surface area contributed by atoms with E-state index in [9.17, 15) is 4.79 Å². The van der Waals surface area contributed by atoms with Crippen LogP contribution in [0.2, 0.25) is 0 Å². The second-order valence-electron chi connectivity index (χ2n) is 4.83. The number of ether oxygens (including phenoxy) is 1. The predicted octanol–water partition coefficient (Wildman–Crippen LogP) is 2.80. The molecule has 1 aliphatic heterocycles. The van der Waals surface area contributed by atoms with Gasteiger partial charge in [-0.1, -0.05) is 24.3 Å². The van der Waals surface area contributed by atoms with E-state index in [0.717, 1.165) is 17.5 Å². The number of aliphatic imine (C=N–C) groups is 1. The van der Waals surface area contributed by atoms with E-state index < -0.39 is 0 Å². The van der Waals surface area contributed by atoms with Crippen molar-refractivity contribution in [2.75, 3.05) is 6.61 Å². The Hall–Kier alpha value is -1.35. The quantitative estimate of drug-likeness (QED) is 0.773. The smallest absolute Gasteiger partial charge is 0.357 e. The van der Waals surface area contributed by atoms with E-state index in [-0.39, 0.29) is 23.9 Å². The van der Waals surface area contributed by atoms with Crippen LogP contribution in [0.1, 0.15) is 31.9 Å².